The Hall–Kier alpha value is -2.34. The van der Waals surface area contributed by atoms with Crippen LogP contribution in [-0.2, 0) is 0 Å². The molecule has 0 N–H and O–H groups in total. The Morgan fingerprint density at radius 3 is 2.20 bits per heavy atom. The third-order valence-corrected chi connectivity index (χ3v) is 9.23. The summed E-state index contributed by atoms with van der Waals surface area (Å²) in [7, 11) is 0. The summed E-state index contributed by atoms with van der Waals surface area (Å²) < 4.78 is 0. The van der Waals surface area contributed by atoms with E-state index < -0.39 is 0 Å². The molecule has 0 aliphatic heterocycles. The molecule has 40 heavy (non-hydrogen) atoms. The topological polar surface area (TPSA) is 0 Å². The van der Waals surface area contributed by atoms with E-state index in [1.54, 1.807) is 16.7 Å². The summed E-state index contributed by atoms with van der Waals surface area (Å²) in [4.78, 5) is 0. The van der Waals surface area contributed by atoms with Crippen LogP contribution in [0.3, 0.4) is 0 Å². The molecule has 1 atom stereocenters. The zero-order chi connectivity index (χ0) is 29.8. The van der Waals surface area contributed by atoms with Gasteiger partial charge in [0.15, 0.2) is 0 Å². The first-order valence-corrected chi connectivity index (χ1v) is 15.9. The van der Waals surface area contributed by atoms with Crippen molar-refractivity contribution in [3.8, 4) is 0 Å². The van der Waals surface area contributed by atoms with Crippen LogP contribution in [0.1, 0.15) is 127 Å². The van der Waals surface area contributed by atoms with Gasteiger partial charge >= 0.3 is 0 Å². The van der Waals surface area contributed by atoms with Crippen molar-refractivity contribution in [1.82, 2.24) is 0 Å². The minimum atomic E-state index is 0.312. The van der Waals surface area contributed by atoms with Crippen molar-refractivity contribution >= 4 is 0 Å². The zero-order valence-electron chi connectivity index (χ0n) is 27.8. The summed E-state index contributed by atoms with van der Waals surface area (Å²) in [6.07, 6.45) is 36.1. The summed E-state index contributed by atoms with van der Waals surface area (Å²) in [5.41, 5.74) is 11.0. The first-order valence-electron chi connectivity index (χ1n) is 15.9. The van der Waals surface area contributed by atoms with Gasteiger partial charge in [-0.3, -0.25) is 0 Å². The van der Waals surface area contributed by atoms with Gasteiger partial charge in [0, 0.05) is 0 Å². The van der Waals surface area contributed by atoms with Crippen molar-refractivity contribution < 1.29 is 0 Å². The second-order valence-electron chi connectivity index (χ2n) is 14.0. The average molecular weight is 541 g/mol. The van der Waals surface area contributed by atoms with Crippen molar-refractivity contribution in [3.05, 3.63) is 106 Å². The molecule has 0 aromatic rings. The lowest BCUT2D eigenvalue weighted by molar-refractivity contribution is 0.204. The van der Waals surface area contributed by atoms with Crippen LogP contribution in [0.5, 0.6) is 0 Å². The SMILES string of the molecule is CC1=CCCC(C)(C)[C@H]1CC/C(C)=C/C=C/C(C)=C/C=C/C=C(\C)CC/C=C(C)/C=C/C1=C(C)CCCC1(C)C. The molecule has 2 aliphatic carbocycles. The molecule has 0 heterocycles. The second-order valence-corrected chi connectivity index (χ2v) is 14.0. The molecular weight excluding hydrogens is 480 g/mol. The number of allylic oxidation sites excluding steroid dienone is 18. The summed E-state index contributed by atoms with van der Waals surface area (Å²) in [6, 6.07) is 0. The van der Waals surface area contributed by atoms with E-state index in [4.69, 9.17) is 0 Å². The molecule has 0 unspecified atom stereocenters. The van der Waals surface area contributed by atoms with Crippen LogP contribution in [0.2, 0.25) is 0 Å². The average Bonchev–Trinajstić information content (AvgIpc) is 2.85. The predicted molar refractivity (Wildman–Crippen MR) is 182 cm³/mol. The van der Waals surface area contributed by atoms with Crippen LogP contribution in [0, 0.1) is 16.7 Å². The van der Waals surface area contributed by atoms with Crippen molar-refractivity contribution in [2.75, 3.05) is 0 Å². The first kappa shape index (κ1) is 33.9. The van der Waals surface area contributed by atoms with Crippen LogP contribution >= 0.6 is 0 Å². The molecule has 0 fully saturated rings. The summed E-state index contributed by atoms with van der Waals surface area (Å²) in [5, 5.41) is 0. The lowest BCUT2D eigenvalue weighted by Crippen LogP contribution is -2.27. The van der Waals surface area contributed by atoms with Gasteiger partial charge in [-0.2, -0.15) is 0 Å². The standard InChI is InChI=1S/C40H60/c1-31(19-13-21-33(3)25-27-37-35(5)23-15-29-39(37,7)8)17-11-12-18-32(2)20-14-22-34(4)26-28-38-36(6)24-16-30-40(38,9)10/h11-13,17-19,21-23,26,28,37H,14-16,20,24-25,27,29-30H2,1-10H3/b12-11+,19-13+,28-26+,31-17+,32-18+,33-21+,34-22+/t37-/m0/s1. The molecule has 0 saturated carbocycles. The van der Waals surface area contributed by atoms with E-state index in [-0.39, 0.29) is 0 Å². The molecule has 0 aromatic heterocycles. The Balaban J connectivity index is 1.78. The molecule has 0 saturated heterocycles. The van der Waals surface area contributed by atoms with Crippen molar-refractivity contribution in [3.63, 3.8) is 0 Å². The van der Waals surface area contributed by atoms with Crippen molar-refractivity contribution in [2.45, 2.75) is 127 Å². The Labute approximate surface area is 249 Å². The van der Waals surface area contributed by atoms with Crippen molar-refractivity contribution in [1.29, 1.82) is 0 Å². The Morgan fingerprint density at radius 2 is 1.50 bits per heavy atom. The highest BCUT2D eigenvalue weighted by molar-refractivity contribution is 5.36. The molecule has 220 valence electrons. The second kappa shape index (κ2) is 16.2. The fraction of sp³-hybridized carbons (Fsp3) is 0.550. The number of rotatable bonds is 12. The molecule has 0 nitrogen and oxygen atoms in total. The van der Waals surface area contributed by atoms with E-state index in [1.165, 1.54) is 67.2 Å². The van der Waals surface area contributed by atoms with Gasteiger partial charge in [-0.1, -0.05) is 128 Å². The predicted octanol–water partition coefficient (Wildman–Crippen LogP) is 12.9. The Bertz CT molecular complexity index is 1110. The monoisotopic (exact) mass is 540 g/mol. The third-order valence-electron chi connectivity index (χ3n) is 9.23. The van der Waals surface area contributed by atoms with E-state index in [9.17, 15) is 0 Å². The van der Waals surface area contributed by atoms with Gasteiger partial charge in [0.25, 0.3) is 0 Å². The van der Waals surface area contributed by atoms with Gasteiger partial charge in [-0.15, -0.1) is 0 Å². The van der Waals surface area contributed by atoms with Crippen LogP contribution in [0.4, 0.5) is 0 Å². The van der Waals surface area contributed by atoms with E-state index in [0.29, 0.717) is 10.8 Å². The van der Waals surface area contributed by atoms with Crippen LogP contribution in [0.15, 0.2) is 106 Å². The summed E-state index contributed by atoms with van der Waals surface area (Å²) >= 11 is 0. The minimum absolute atomic E-state index is 0.312. The van der Waals surface area contributed by atoms with Crippen LogP contribution in [0.25, 0.3) is 0 Å². The van der Waals surface area contributed by atoms with Crippen molar-refractivity contribution in [2.24, 2.45) is 16.7 Å². The molecule has 0 spiro atoms. The molecule has 0 bridgehead atoms. The normalized spacial score (nSPS) is 23.1. The lowest BCUT2D eigenvalue weighted by Gasteiger charge is -2.38. The van der Waals surface area contributed by atoms with Gasteiger partial charge in [0.2, 0.25) is 0 Å². The molecule has 2 rings (SSSR count). The maximum atomic E-state index is 2.46. The summed E-state index contributed by atoms with van der Waals surface area (Å²) in [6.45, 7) is 23.2. The van der Waals surface area contributed by atoms with Crippen LogP contribution in [-0.4, -0.2) is 0 Å². The van der Waals surface area contributed by atoms with E-state index in [1.807, 2.05) is 0 Å². The van der Waals surface area contributed by atoms with Gasteiger partial charge in [-0.05, 0) is 122 Å². The quantitative estimate of drug-likeness (QED) is 0.170. The highest BCUT2D eigenvalue weighted by atomic mass is 14.4. The smallest absolute Gasteiger partial charge is 0.0104 e. The van der Waals surface area contributed by atoms with E-state index in [2.05, 4.69) is 136 Å². The zero-order valence-corrected chi connectivity index (χ0v) is 27.8. The van der Waals surface area contributed by atoms with Gasteiger partial charge in [0.05, 0.1) is 0 Å². The summed E-state index contributed by atoms with van der Waals surface area (Å²) in [5.74, 6) is 0.717. The lowest BCUT2D eigenvalue weighted by atomic mass is 9.67. The van der Waals surface area contributed by atoms with Gasteiger partial charge in [0.1, 0.15) is 0 Å². The maximum absolute atomic E-state index is 2.46. The molecule has 2 aliphatic rings. The first-order chi connectivity index (χ1) is 18.8. The molecular formula is C40H60. The molecule has 0 radical (unpaired) electrons. The van der Waals surface area contributed by atoms with Gasteiger partial charge in [-0.25, -0.2) is 0 Å². The largest absolute Gasteiger partial charge is 0.0853 e. The molecule has 0 aromatic carbocycles. The Morgan fingerprint density at radius 1 is 0.825 bits per heavy atom. The van der Waals surface area contributed by atoms with E-state index in [0.717, 1.165) is 18.8 Å². The third kappa shape index (κ3) is 11.6. The number of hydrogen-bond donors (Lipinski definition) is 0. The maximum Gasteiger partial charge on any atom is -0.0104 e. The van der Waals surface area contributed by atoms with Crippen LogP contribution < -0.4 is 0 Å². The van der Waals surface area contributed by atoms with E-state index >= 15 is 0 Å². The fourth-order valence-corrected chi connectivity index (χ4v) is 6.43. The van der Waals surface area contributed by atoms with Gasteiger partial charge < -0.3 is 0 Å². The highest BCUT2D eigenvalue weighted by Gasteiger charge is 2.32. The minimum Gasteiger partial charge on any atom is -0.0853 e. The molecule has 0 heteroatoms. The highest BCUT2D eigenvalue weighted by Crippen LogP contribution is 2.44. The Kier molecular flexibility index (Phi) is 13.7. The number of hydrogen-bond acceptors (Lipinski definition) is 0. The molecule has 0 amide bonds. The fourth-order valence-electron chi connectivity index (χ4n) is 6.43.